The van der Waals surface area contributed by atoms with Crippen LogP contribution in [0.5, 0.6) is 0 Å². The zero-order valence-corrected chi connectivity index (χ0v) is 13.3. The van der Waals surface area contributed by atoms with Crippen molar-refractivity contribution in [1.82, 2.24) is 14.9 Å². The molecule has 1 aliphatic heterocycles. The van der Waals surface area contributed by atoms with Crippen molar-refractivity contribution in [2.24, 2.45) is 0 Å². The zero-order chi connectivity index (χ0) is 15.0. The molecule has 1 atom stereocenters. The van der Waals surface area contributed by atoms with Crippen LogP contribution in [0.3, 0.4) is 0 Å². The summed E-state index contributed by atoms with van der Waals surface area (Å²) in [5, 5.41) is 3.16. The zero-order valence-electron chi connectivity index (χ0n) is 12.5. The number of hydrogen-bond acceptors (Lipinski definition) is 4. The lowest BCUT2D eigenvalue weighted by Gasteiger charge is -2.36. The number of carbonyl (C=O) groups is 1. The van der Waals surface area contributed by atoms with Crippen molar-refractivity contribution in [3.8, 4) is 0 Å². The molecule has 0 saturated carbocycles. The average molecular weight is 305 g/mol. The molecular weight excluding hydrogens is 278 g/mol. The molecule has 1 aliphatic rings. The van der Waals surface area contributed by atoms with Crippen LogP contribution in [0.1, 0.15) is 39.0 Å². The third kappa shape index (κ3) is 6.67. The van der Waals surface area contributed by atoms with Gasteiger partial charge in [0.15, 0.2) is 0 Å². The van der Waals surface area contributed by atoms with E-state index in [1.165, 1.54) is 0 Å². The molecular formula is C13H27N3O3S. The molecule has 0 aromatic carbocycles. The predicted octanol–water partition coefficient (Wildman–Crippen LogP) is 0.306. The SMILES string of the molecule is CCNCCC(=O)N1CCCCC1CCNS(C)(=O)=O. The van der Waals surface area contributed by atoms with E-state index in [0.29, 0.717) is 25.9 Å². The Morgan fingerprint density at radius 2 is 2.05 bits per heavy atom. The largest absolute Gasteiger partial charge is 0.340 e. The highest BCUT2D eigenvalue weighted by Crippen LogP contribution is 2.20. The molecule has 0 spiro atoms. The Bertz CT molecular complexity index is 398. The van der Waals surface area contributed by atoms with E-state index >= 15 is 0 Å². The molecule has 0 aromatic heterocycles. The molecule has 1 heterocycles. The van der Waals surface area contributed by atoms with E-state index in [0.717, 1.165) is 38.6 Å². The van der Waals surface area contributed by atoms with E-state index in [4.69, 9.17) is 0 Å². The molecule has 0 aliphatic carbocycles. The Morgan fingerprint density at radius 3 is 2.70 bits per heavy atom. The summed E-state index contributed by atoms with van der Waals surface area (Å²) in [5.41, 5.74) is 0. The lowest BCUT2D eigenvalue weighted by atomic mass is 9.99. The number of nitrogens with zero attached hydrogens (tertiary/aromatic N) is 1. The van der Waals surface area contributed by atoms with Gasteiger partial charge in [0.25, 0.3) is 0 Å². The van der Waals surface area contributed by atoms with Crippen LogP contribution in [0.15, 0.2) is 0 Å². The highest BCUT2D eigenvalue weighted by molar-refractivity contribution is 7.88. The molecule has 1 fully saturated rings. The van der Waals surface area contributed by atoms with E-state index in [9.17, 15) is 13.2 Å². The second-order valence-corrected chi connectivity index (χ2v) is 7.13. The van der Waals surface area contributed by atoms with Gasteiger partial charge in [-0.2, -0.15) is 0 Å². The van der Waals surface area contributed by atoms with Gasteiger partial charge in [-0.1, -0.05) is 6.92 Å². The highest BCUT2D eigenvalue weighted by atomic mass is 32.2. The lowest BCUT2D eigenvalue weighted by molar-refractivity contribution is -0.134. The van der Waals surface area contributed by atoms with Gasteiger partial charge < -0.3 is 10.2 Å². The Hall–Kier alpha value is -0.660. The van der Waals surface area contributed by atoms with Crippen molar-refractivity contribution in [3.05, 3.63) is 0 Å². The van der Waals surface area contributed by atoms with E-state index in [-0.39, 0.29) is 11.9 Å². The summed E-state index contributed by atoms with van der Waals surface area (Å²) in [7, 11) is -3.14. The van der Waals surface area contributed by atoms with Gasteiger partial charge in [-0.3, -0.25) is 4.79 Å². The van der Waals surface area contributed by atoms with Crippen LogP contribution in [0.2, 0.25) is 0 Å². The normalized spacial score (nSPS) is 20.1. The summed E-state index contributed by atoms with van der Waals surface area (Å²) in [6.07, 6.45) is 5.50. The summed E-state index contributed by atoms with van der Waals surface area (Å²) in [5.74, 6) is 0.176. The monoisotopic (exact) mass is 305 g/mol. The topological polar surface area (TPSA) is 78.5 Å². The predicted molar refractivity (Wildman–Crippen MR) is 80.0 cm³/mol. The summed E-state index contributed by atoms with van der Waals surface area (Å²) in [6.45, 7) is 4.80. The maximum Gasteiger partial charge on any atom is 0.224 e. The minimum atomic E-state index is -3.14. The van der Waals surface area contributed by atoms with Crippen LogP contribution in [-0.2, 0) is 14.8 Å². The first-order valence-electron chi connectivity index (χ1n) is 7.39. The minimum Gasteiger partial charge on any atom is -0.340 e. The first-order chi connectivity index (χ1) is 9.44. The summed E-state index contributed by atoms with van der Waals surface area (Å²) in [4.78, 5) is 14.1. The van der Waals surface area contributed by atoms with Crippen LogP contribution >= 0.6 is 0 Å². The first kappa shape index (κ1) is 17.4. The Labute approximate surface area is 122 Å². The molecule has 0 radical (unpaired) electrons. The molecule has 1 amide bonds. The van der Waals surface area contributed by atoms with Gasteiger partial charge >= 0.3 is 0 Å². The van der Waals surface area contributed by atoms with Gasteiger partial charge in [-0.15, -0.1) is 0 Å². The Balaban J connectivity index is 2.42. The lowest BCUT2D eigenvalue weighted by Crippen LogP contribution is -2.45. The number of carbonyl (C=O) groups excluding carboxylic acids is 1. The molecule has 20 heavy (non-hydrogen) atoms. The van der Waals surface area contributed by atoms with Crippen molar-refractivity contribution >= 4 is 15.9 Å². The molecule has 1 rings (SSSR count). The molecule has 6 nitrogen and oxygen atoms in total. The number of likely N-dealkylation sites (tertiary alicyclic amines) is 1. The van der Waals surface area contributed by atoms with Crippen LogP contribution in [-0.4, -0.2) is 57.7 Å². The number of piperidine rings is 1. The quantitative estimate of drug-likeness (QED) is 0.633. The molecule has 0 aromatic rings. The smallest absolute Gasteiger partial charge is 0.224 e. The molecule has 1 unspecified atom stereocenters. The summed E-state index contributed by atoms with van der Waals surface area (Å²) < 4.78 is 24.6. The maximum atomic E-state index is 12.2. The van der Waals surface area contributed by atoms with E-state index in [1.54, 1.807) is 0 Å². The summed E-state index contributed by atoms with van der Waals surface area (Å²) in [6, 6.07) is 0.173. The second kappa shape index (κ2) is 8.59. The summed E-state index contributed by atoms with van der Waals surface area (Å²) >= 11 is 0. The highest BCUT2D eigenvalue weighted by Gasteiger charge is 2.25. The third-order valence-corrected chi connectivity index (χ3v) is 4.28. The minimum absolute atomic E-state index is 0.173. The second-order valence-electron chi connectivity index (χ2n) is 5.30. The van der Waals surface area contributed by atoms with Gasteiger partial charge in [-0.25, -0.2) is 13.1 Å². The number of hydrogen-bond donors (Lipinski definition) is 2. The first-order valence-corrected chi connectivity index (χ1v) is 9.28. The van der Waals surface area contributed by atoms with Crippen molar-refractivity contribution < 1.29 is 13.2 Å². The Morgan fingerprint density at radius 1 is 1.30 bits per heavy atom. The van der Waals surface area contributed by atoms with Crippen molar-refractivity contribution in [2.45, 2.75) is 45.1 Å². The number of amides is 1. The maximum absolute atomic E-state index is 12.2. The fourth-order valence-electron chi connectivity index (χ4n) is 2.56. The van der Waals surface area contributed by atoms with Gasteiger partial charge in [0.05, 0.1) is 6.26 Å². The average Bonchev–Trinajstić information content (AvgIpc) is 2.38. The Kier molecular flexibility index (Phi) is 7.47. The standard InChI is InChI=1S/C13H27N3O3S/c1-3-14-9-8-13(17)16-11-5-4-6-12(16)7-10-15-20(2,18)19/h12,14-15H,3-11H2,1-2H3. The van der Waals surface area contributed by atoms with Crippen LogP contribution in [0.25, 0.3) is 0 Å². The molecule has 0 bridgehead atoms. The molecule has 7 heteroatoms. The van der Waals surface area contributed by atoms with Crippen molar-refractivity contribution in [2.75, 3.05) is 32.4 Å². The van der Waals surface area contributed by atoms with Crippen LogP contribution in [0.4, 0.5) is 0 Å². The van der Waals surface area contributed by atoms with Crippen molar-refractivity contribution in [3.63, 3.8) is 0 Å². The third-order valence-electron chi connectivity index (χ3n) is 3.55. The number of nitrogens with one attached hydrogen (secondary N) is 2. The van der Waals surface area contributed by atoms with Crippen LogP contribution < -0.4 is 10.0 Å². The van der Waals surface area contributed by atoms with Gasteiger partial charge in [0.2, 0.25) is 15.9 Å². The fraction of sp³-hybridized carbons (Fsp3) is 0.923. The van der Waals surface area contributed by atoms with Crippen molar-refractivity contribution in [1.29, 1.82) is 0 Å². The van der Waals surface area contributed by atoms with E-state index < -0.39 is 10.0 Å². The molecule has 118 valence electrons. The van der Waals surface area contributed by atoms with E-state index in [2.05, 4.69) is 10.0 Å². The number of sulfonamides is 1. The van der Waals surface area contributed by atoms with Crippen LogP contribution in [0, 0.1) is 0 Å². The number of rotatable bonds is 8. The van der Waals surface area contributed by atoms with Gasteiger partial charge in [0, 0.05) is 32.1 Å². The molecule has 1 saturated heterocycles. The fourth-order valence-corrected chi connectivity index (χ4v) is 3.04. The molecule has 2 N–H and O–H groups in total. The van der Waals surface area contributed by atoms with Gasteiger partial charge in [0.1, 0.15) is 0 Å². The van der Waals surface area contributed by atoms with Gasteiger partial charge in [-0.05, 0) is 32.2 Å². The van der Waals surface area contributed by atoms with E-state index in [1.807, 2.05) is 11.8 Å².